The second kappa shape index (κ2) is 14.3. The lowest BCUT2D eigenvalue weighted by Gasteiger charge is -2.17. The summed E-state index contributed by atoms with van der Waals surface area (Å²) in [4.78, 5) is 0. The van der Waals surface area contributed by atoms with Gasteiger partial charge in [-0.2, -0.15) is 36.2 Å². The van der Waals surface area contributed by atoms with E-state index in [0.717, 1.165) is 37.2 Å². The Balaban J connectivity index is 3.73. The van der Waals surface area contributed by atoms with Crippen LogP contribution in [0.15, 0.2) is 0 Å². The van der Waals surface area contributed by atoms with Crippen LogP contribution in [0.1, 0.15) is 25.7 Å². The van der Waals surface area contributed by atoms with Crippen molar-refractivity contribution in [3.05, 3.63) is 0 Å². The molecule has 0 fully saturated rings. The largest absolute Gasteiger partial charge is 0.396 e. The number of hydrogen-bond acceptors (Lipinski definition) is 6. The molecule has 0 aromatic carbocycles. The molecule has 3 N–H and O–H groups in total. The van der Waals surface area contributed by atoms with Crippen molar-refractivity contribution in [2.75, 3.05) is 37.1 Å². The average Bonchev–Trinajstić information content (AvgIpc) is 2.39. The number of thiol groups is 1. The Labute approximate surface area is 125 Å². The predicted octanol–water partition coefficient (Wildman–Crippen LogP) is 1.66. The minimum Gasteiger partial charge on any atom is -0.396 e. The molecular weight excluding hydrogens is 288 g/mol. The van der Waals surface area contributed by atoms with E-state index in [1.807, 2.05) is 11.8 Å². The molecular formula is C12H26O3S3. The van der Waals surface area contributed by atoms with Crippen LogP contribution in [0.2, 0.25) is 0 Å². The van der Waals surface area contributed by atoms with Gasteiger partial charge < -0.3 is 15.3 Å². The minimum atomic E-state index is 0.174. The monoisotopic (exact) mass is 314 g/mol. The van der Waals surface area contributed by atoms with E-state index in [-0.39, 0.29) is 25.1 Å². The summed E-state index contributed by atoms with van der Waals surface area (Å²) >= 11 is 7.81. The van der Waals surface area contributed by atoms with Crippen LogP contribution in [0.5, 0.6) is 0 Å². The van der Waals surface area contributed by atoms with Gasteiger partial charge in [0.05, 0.1) is 13.2 Å². The molecule has 0 aromatic heterocycles. The van der Waals surface area contributed by atoms with E-state index in [1.165, 1.54) is 0 Å². The van der Waals surface area contributed by atoms with Gasteiger partial charge in [0, 0.05) is 22.9 Å². The number of aliphatic hydroxyl groups is 3. The third-order valence-corrected chi connectivity index (χ3v) is 5.52. The third kappa shape index (κ3) is 10.8. The zero-order valence-electron chi connectivity index (χ0n) is 10.8. The van der Waals surface area contributed by atoms with Crippen molar-refractivity contribution in [2.24, 2.45) is 0 Å². The normalized spacial score (nSPS) is 14.7. The number of aliphatic hydroxyl groups excluding tert-OH is 3. The highest BCUT2D eigenvalue weighted by molar-refractivity contribution is 8.00. The van der Waals surface area contributed by atoms with Crippen molar-refractivity contribution < 1.29 is 15.3 Å². The summed E-state index contributed by atoms with van der Waals surface area (Å²) in [5.41, 5.74) is 0. The van der Waals surface area contributed by atoms with Crippen molar-refractivity contribution >= 4 is 36.2 Å². The first-order valence-corrected chi connectivity index (χ1v) is 9.18. The molecule has 0 aliphatic heterocycles. The first kappa shape index (κ1) is 18.9. The fourth-order valence-corrected chi connectivity index (χ4v) is 4.42. The molecule has 18 heavy (non-hydrogen) atoms. The van der Waals surface area contributed by atoms with Gasteiger partial charge in [0.15, 0.2) is 0 Å². The van der Waals surface area contributed by atoms with Crippen molar-refractivity contribution in [3.8, 4) is 0 Å². The molecule has 6 heteroatoms. The van der Waals surface area contributed by atoms with Crippen LogP contribution in [-0.4, -0.2) is 62.9 Å². The maximum absolute atomic E-state index is 9.21. The standard InChI is InChI=1S/C12H26O3S3/c13-5-1-2-11(3-7-16)17-8-4-12(10-15)18-9-6-14/h11-16H,1-10H2. The fraction of sp³-hybridized carbons (Fsp3) is 1.00. The van der Waals surface area contributed by atoms with Gasteiger partial charge in [0.1, 0.15) is 0 Å². The van der Waals surface area contributed by atoms with Crippen LogP contribution >= 0.6 is 36.2 Å². The highest BCUT2D eigenvalue weighted by Gasteiger charge is 2.11. The van der Waals surface area contributed by atoms with Crippen LogP contribution in [0.4, 0.5) is 0 Å². The lowest BCUT2D eigenvalue weighted by Crippen LogP contribution is -2.13. The van der Waals surface area contributed by atoms with Gasteiger partial charge in [-0.3, -0.25) is 0 Å². The first-order valence-electron chi connectivity index (χ1n) is 6.45. The average molecular weight is 315 g/mol. The van der Waals surface area contributed by atoms with Gasteiger partial charge in [-0.25, -0.2) is 0 Å². The molecule has 0 saturated carbocycles. The van der Waals surface area contributed by atoms with Crippen molar-refractivity contribution in [2.45, 2.75) is 36.2 Å². The molecule has 0 rings (SSSR count). The number of rotatable bonds is 13. The van der Waals surface area contributed by atoms with Gasteiger partial charge in [-0.05, 0) is 37.2 Å². The summed E-state index contributed by atoms with van der Waals surface area (Å²) in [6.07, 6.45) is 3.93. The van der Waals surface area contributed by atoms with Crippen molar-refractivity contribution in [3.63, 3.8) is 0 Å². The molecule has 0 saturated heterocycles. The van der Waals surface area contributed by atoms with E-state index in [9.17, 15) is 5.11 Å². The second-order valence-electron chi connectivity index (χ2n) is 4.06. The molecule has 0 spiro atoms. The quantitative estimate of drug-likeness (QED) is 0.390. The molecule has 0 radical (unpaired) electrons. The molecule has 0 heterocycles. The molecule has 0 aliphatic rings. The highest BCUT2D eigenvalue weighted by Crippen LogP contribution is 2.24. The van der Waals surface area contributed by atoms with Gasteiger partial charge in [0.2, 0.25) is 0 Å². The summed E-state index contributed by atoms with van der Waals surface area (Å²) in [6.45, 7) is 0.613. The molecule has 3 nitrogen and oxygen atoms in total. The Morgan fingerprint density at radius 3 is 2.11 bits per heavy atom. The fourth-order valence-electron chi connectivity index (χ4n) is 1.59. The lowest BCUT2D eigenvalue weighted by molar-refractivity contribution is 0.284. The zero-order valence-corrected chi connectivity index (χ0v) is 13.4. The highest BCUT2D eigenvalue weighted by atomic mass is 32.2. The van der Waals surface area contributed by atoms with Crippen LogP contribution in [0.3, 0.4) is 0 Å². The van der Waals surface area contributed by atoms with Gasteiger partial charge in [-0.1, -0.05) is 0 Å². The second-order valence-corrected chi connectivity index (χ2v) is 7.32. The van der Waals surface area contributed by atoms with Gasteiger partial charge in [-0.15, -0.1) is 0 Å². The molecule has 0 aliphatic carbocycles. The Kier molecular flexibility index (Phi) is 15.1. The third-order valence-electron chi connectivity index (χ3n) is 2.58. The molecule has 2 unspecified atom stereocenters. The van der Waals surface area contributed by atoms with Crippen LogP contribution in [0, 0.1) is 0 Å². The number of hydrogen-bond donors (Lipinski definition) is 4. The molecule has 0 amide bonds. The molecule has 0 bridgehead atoms. The molecule has 110 valence electrons. The summed E-state index contributed by atoms with van der Waals surface area (Å²) in [5.74, 6) is 2.60. The maximum atomic E-state index is 9.21. The van der Waals surface area contributed by atoms with E-state index in [2.05, 4.69) is 12.6 Å². The van der Waals surface area contributed by atoms with Gasteiger partial charge in [0.25, 0.3) is 0 Å². The Morgan fingerprint density at radius 1 is 0.833 bits per heavy atom. The van der Waals surface area contributed by atoms with Crippen molar-refractivity contribution in [1.29, 1.82) is 0 Å². The summed E-state index contributed by atoms with van der Waals surface area (Å²) < 4.78 is 0. The smallest absolute Gasteiger partial charge is 0.0550 e. The van der Waals surface area contributed by atoms with Crippen LogP contribution in [0.25, 0.3) is 0 Å². The zero-order chi connectivity index (χ0) is 13.6. The van der Waals surface area contributed by atoms with E-state index in [4.69, 9.17) is 10.2 Å². The molecule has 2 atom stereocenters. The SMILES string of the molecule is OCCCC(CCS)SCCC(CO)SCCO. The van der Waals surface area contributed by atoms with E-state index < -0.39 is 0 Å². The van der Waals surface area contributed by atoms with Crippen LogP contribution in [-0.2, 0) is 0 Å². The van der Waals surface area contributed by atoms with Gasteiger partial charge >= 0.3 is 0 Å². The predicted molar refractivity (Wildman–Crippen MR) is 86.1 cm³/mol. The van der Waals surface area contributed by atoms with Crippen molar-refractivity contribution in [1.82, 2.24) is 0 Å². The summed E-state index contributed by atoms with van der Waals surface area (Å²) in [6, 6.07) is 0. The first-order chi connectivity index (χ1) is 8.78. The van der Waals surface area contributed by atoms with Crippen LogP contribution < -0.4 is 0 Å². The number of thioether (sulfide) groups is 2. The Hall–Kier alpha value is 0.930. The maximum Gasteiger partial charge on any atom is 0.0550 e. The van der Waals surface area contributed by atoms with E-state index in [0.29, 0.717) is 11.0 Å². The Morgan fingerprint density at radius 2 is 1.56 bits per heavy atom. The minimum absolute atomic E-state index is 0.174. The van der Waals surface area contributed by atoms with E-state index >= 15 is 0 Å². The summed E-state index contributed by atoms with van der Waals surface area (Å²) in [7, 11) is 0. The lowest BCUT2D eigenvalue weighted by atomic mass is 10.2. The molecule has 0 aromatic rings. The summed E-state index contributed by atoms with van der Waals surface area (Å²) in [5, 5.41) is 27.6. The van der Waals surface area contributed by atoms with E-state index in [1.54, 1.807) is 11.8 Å². The topological polar surface area (TPSA) is 60.7 Å². The Bertz CT molecular complexity index is 173.